The van der Waals surface area contributed by atoms with Crippen LogP contribution in [0.3, 0.4) is 0 Å². The zero-order valence-electron chi connectivity index (χ0n) is 19.1. The molecule has 2 aromatic rings. The number of nitrogens with zero attached hydrogens (tertiary/aromatic N) is 2. The van der Waals surface area contributed by atoms with Crippen molar-refractivity contribution >= 4 is 11.8 Å². The van der Waals surface area contributed by atoms with E-state index in [1.165, 1.54) is 0 Å². The molecule has 0 fully saturated rings. The first-order valence-corrected chi connectivity index (χ1v) is 11.3. The highest BCUT2D eigenvalue weighted by atomic mass is 16.5. The van der Waals surface area contributed by atoms with Crippen LogP contribution in [0.5, 0.6) is 0 Å². The largest absolute Gasteiger partial charge is 0.464 e. The van der Waals surface area contributed by atoms with E-state index < -0.39 is 0 Å². The Kier molecular flexibility index (Phi) is 10.9. The van der Waals surface area contributed by atoms with Gasteiger partial charge in [-0.05, 0) is 44.4 Å². The molecule has 0 aliphatic rings. The fourth-order valence-electron chi connectivity index (χ4n) is 3.34. The Hall–Kier alpha value is -2.60. The molecule has 0 bridgehead atoms. The molecule has 1 aromatic carbocycles. The molecule has 0 spiro atoms. The molecule has 0 radical (unpaired) electrons. The Balaban J connectivity index is 2.10. The number of unbranched alkanes of at least 4 members (excludes halogenated alkanes) is 1. The highest BCUT2D eigenvalue weighted by molar-refractivity contribution is 5.84. The number of hydrogen-bond acceptors (Lipinski definition) is 4. The summed E-state index contributed by atoms with van der Waals surface area (Å²) in [6.45, 7) is 8.56. The number of hydrogen-bond donors (Lipinski definition) is 0. The molecule has 1 heterocycles. The predicted octanol–water partition coefficient (Wildman–Crippen LogP) is 4.56. The van der Waals surface area contributed by atoms with E-state index >= 15 is 0 Å². The van der Waals surface area contributed by atoms with Gasteiger partial charge in [0.25, 0.3) is 0 Å². The lowest BCUT2D eigenvalue weighted by Crippen LogP contribution is -2.43. The summed E-state index contributed by atoms with van der Waals surface area (Å²) in [5.41, 5.74) is 1.04. The number of rotatable bonds is 14. The summed E-state index contributed by atoms with van der Waals surface area (Å²) in [5.74, 6) is 1.50. The maximum atomic E-state index is 13.3. The fraction of sp³-hybridized carbons (Fsp3) is 0.520. The minimum Gasteiger partial charge on any atom is -0.464 e. The summed E-state index contributed by atoms with van der Waals surface area (Å²) in [6.07, 6.45) is 2.96. The van der Waals surface area contributed by atoms with E-state index in [4.69, 9.17) is 9.15 Å². The van der Waals surface area contributed by atoms with E-state index in [-0.39, 0.29) is 18.4 Å². The van der Waals surface area contributed by atoms with E-state index in [0.29, 0.717) is 39.3 Å². The Morgan fingerprint density at radius 2 is 1.71 bits per heavy atom. The van der Waals surface area contributed by atoms with Gasteiger partial charge in [-0.1, -0.05) is 43.7 Å². The Morgan fingerprint density at radius 1 is 0.935 bits per heavy atom. The minimum atomic E-state index is -0.0841. The van der Waals surface area contributed by atoms with Crippen molar-refractivity contribution in [1.29, 1.82) is 0 Å². The van der Waals surface area contributed by atoms with Crippen LogP contribution in [0.15, 0.2) is 46.9 Å². The molecular formula is C25H36N2O4. The zero-order chi connectivity index (χ0) is 22.5. The number of carbonyl (C=O) groups excluding carboxylic acids is 2. The van der Waals surface area contributed by atoms with Crippen molar-refractivity contribution in [2.45, 2.75) is 59.5 Å². The average molecular weight is 429 g/mol. The maximum Gasteiger partial charge on any atom is 0.242 e. The van der Waals surface area contributed by atoms with Crippen molar-refractivity contribution in [2.24, 2.45) is 0 Å². The minimum absolute atomic E-state index is 0.0280. The molecule has 0 aliphatic heterocycles. The van der Waals surface area contributed by atoms with Crippen LogP contribution in [0.2, 0.25) is 0 Å². The van der Waals surface area contributed by atoms with E-state index in [0.717, 1.165) is 36.3 Å². The average Bonchev–Trinajstić information content (AvgIpc) is 3.18. The van der Waals surface area contributed by atoms with Crippen LogP contribution in [-0.4, -0.2) is 47.9 Å². The summed E-state index contributed by atoms with van der Waals surface area (Å²) in [7, 11) is 0. The van der Waals surface area contributed by atoms with E-state index in [1.54, 1.807) is 9.80 Å². The molecule has 6 nitrogen and oxygen atoms in total. The first-order valence-electron chi connectivity index (χ1n) is 11.3. The third-order valence-corrected chi connectivity index (χ3v) is 5.06. The van der Waals surface area contributed by atoms with Gasteiger partial charge < -0.3 is 19.0 Å². The van der Waals surface area contributed by atoms with Crippen LogP contribution >= 0.6 is 0 Å². The molecule has 170 valence electrons. The van der Waals surface area contributed by atoms with Gasteiger partial charge in [-0.25, -0.2) is 0 Å². The van der Waals surface area contributed by atoms with Crippen molar-refractivity contribution < 1.29 is 18.7 Å². The lowest BCUT2D eigenvalue weighted by Gasteiger charge is -2.27. The molecule has 2 rings (SSSR count). The molecule has 0 N–H and O–H groups in total. The molecule has 0 saturated heterocycles. The highest BCUT2D eigenvalue weighted by Gasteiger charge is 2.22. The van der Waals surface area contributed by atoms with Gasteiger partial charge in [0.15, 0.2) is 0 Å². The van der Waals surface area contributed by atoms with Crippen LogP contribution in [0.25, 0.3) is 0 Å². The number of amides is 2. The normalized spacial score (nSPS) is 10.8. The van der Waals surface area contributed by atoms with Gasteiger partial charge in [0, 0.05) is 32.7 Å². The standard InChI is InChI=1S/C25H36N2O4/c1-4-6-13-24(28)26(16-10-17-30-5-2)20-25(29)27(18-22-11-8-7-9-12-22)19-23-15-14-21(3)31-23/h7-9,11-12,14-15H,4-6,10,13,16-20H2,1-3H3. The third kappa shape index (κ3) is 8.97. The second kappa shape index (κ2) is 13.7. The fourth-order valence-corrected chi connectivity index (χ4v) is 3.34. The van der Waals surface area contributed by atoms with Gasteiger partial charge in [-0.15, -0.1) is 0 Å². The predicted molar refractivity (Wildman–Crippen MR) is 121 cm³/mol. The lowest BCUT2D eigenvalue weighted by molar-refractivity contribution is -0.141. The molecule has 0 atom stereocenters. The molecular weight excluding hydrogens is 392 g/mol. The van der Waals surface area contributed by atoms with E-state index in [9.17, 15) is 9.59 Å². The van der Waals surface area contributed by atoms with Crippen molar-refractivity contribution in [3.8, 4) is 0 Å². The molecule has 6 heteroatoms. The Bertz CT molecular complexity index is 788. The second-order valence-corrected chi connectivity index (χ2v) is 7.72. The maximum absolute atomic E-state index is 13.3. The summed E-state index contributed by atoms with van der Waals surface area (Å²) in [4.78, 5) is 29.5. The molecule has 2 amide bonds. The zero-order valence-corrected chi connectivity index (χ0v) is 19.1. The van der Waals surface area contributed by atoms with Crippen LogP contribution in [0.4, 0.5) is 0 Å². The molecule has 0 saturated carbocycles. The van der Waals surface area contributed by atoms with Gasteiger partial charge in [-0.3, -0.25) is 9.59 Å². The van der Waals surface area contributed by atoms with Crippen LogP contribution in [0.1, 0.15) is 56.6 Å². The van der Waals surface area contributed by atoms with Gasteiger partial charge in [0.2, 0.25) is 11.8 Å². The summed E-state index contributed by atoms with van der Waals surface area (Å²) in [6, 6.07) is 13.7. The van der Waals surface area contributed by atoms with Crippen molar-refractivity contribution in [1.82, 2.24) is 9.80 Å². The molecule has 0 unspecified atom stereocenters. The van der Waals surface area contributed by atoms with E-state index in [1.807, 2.05) is 56.3 Å². The first-order chi connectivity index (χ1) is 15.0. The number of benzene rings is 1. The topological polar surface area (TPSA) is 63.0 Å². The monoisotopic (exact) mass is 428 g/mol. The van der Waals surface area contributed by atoms with Crippen LogP contribution in [-0.2, 0) is 27.4 Å². The first kappa shape index (κ1) is 24.7. The highest BCUT2D eigenvalue weighted by Crippen LogP contribution is 2.14. The lowest BCUT2D eigenvalue weighted by atomic mass is 10.2. The van der Waals surface area contributed by atoms with E-state index in [2.05, 4.69) is 6.92 Å². The van der Waals surface area contributed by atoms with Gasteiger partial charge in [0.1, 0.15) is 11.5 Å². The SMILES string of the molecule is CCCCC(=O)N(CCCOCC)CC(=O)N(Cc1ccccc1)Cc1ccc(C)o1. The third-order valence-electron chi connectivity index (χ3n) is 5.06. The van der Waals surface area contributed by atoms with Crippen LogP contribution < -0.4 is 0 Å². The van der Waals surface area contributed by atoms with Crippen LogP contribution in [0, 0.1) is 6.92 Å². The molecule has 0 aliphatic carbocycles. The second-order valence-electron chi connectivity index (χ2n) is 7.72. The Morgan fingerprint density at radius 3 is 2.35 bits per heavy atom. The smallest absolute Gasteiger partial charge is 0.242 e. The molecule has 31 heavy (non-hydrogen) atoms. The number of carbonyl (C=O) groups is 2. The number of ether oxygens (including phenoxy) is 1. The van der Waals surface area contributed by atoms with Crippen molar-refractivity contribution in [2.75, 3.05) is 26.3 Å². The summed E-state index contributed by atoms with van der Waals surface area (Å²) >= 11 is 0. The summed E-state index contributed by atoms with van der Waals surface area (Å²) < 4.78 is 11.1. The van der Waals surface area contributed by atoms with Gasteiger partial charge in [0.05, 0.1) is 13.1 Å². The van der Waals surface area contributed by atoms with Gasteiger partial charge >= 0.3 is 0 Å². The number of furan rings is 1. The Labute approximate surface area is 186 Å². The summed E-state index contributed by atoms with van der Waals surface area (Å²) in [5, 5.41) is 0. The van der Waals surface area contributed by atoms with Crippen molar-refractivity contribution in [3.63, 3.8) is 0 Å². The number of aryl methyl sites for hydroxylation is 1. The molecule has 1 aromatic heterocycles. The quantitative estimate of drug-likeness (QED) is 0.414. The van der Waals surface area contributed by atoms with Crippen molar-refractivity contribution in [3.05, 3.63) is 59.5 Å². The van der Waals surface area contributed by atoms with Gasteiger partial charge in [-0.2, -0.15) is 0 Å².